The molecule has 0 spiro atoms. The van der Waals surface area contributed by atoms with Gasteiger partial charge in [-0.1, -0.05) is 0 Å². The summed E-state index contributed by atoms with van der Waals surface area (Å²) in [5, 5.41) is 17.1. The number of aromatic amines is 2. The molecule has 3 rings (SSSR count). The van der Waals surface area contributed by atoms with Gasteiger partial charge in [-0.25, -0.2) is 0 Å². The number of benzene rings is 1. The number of nitrogens with zero attached hydrogens (tertiary/aromatic N) is 1. The lowest BCUT2D eigenvalue weighted by atomic mass is 10.1. The van der Waals surface area contributed by atoms with Crippen molar-refractivity contribution in [1.29, 1.82) is 0 Å². The smallest absolute Gasteiger partial charge is 0.116 e. The van der Waals surface area contributed by atoms with Crippen molar-refractivity contribution in [3.63, 3.8) is 0 Å². The second-order valence-electron chi connectivity index (χ2n) is 3.63. The molecule has 0 aliphatic carbocycles. The Kier molecular flexibility index (Phi) is 1.67. The maximum absolute atomic E-state index is 9.47. The number of rotatable bonds is 1. The van der Waals surface area contributed by atoms with Crippen LogP contribution in [0, 0.1) is 0 Å². The average molecular weight is 214 g/mol. The zero-order valence-corrected chi connectivity index (χ0v) is 8.36. The molecule has 0 atom stereocenters. The Balaban J connectivity index is 2.32. The number of aromatic nitrogens is 3. The van der Waals surface area contributed by atoms with Crippen LogP contribution in [0.1, 0.15) is 0 Å². The molecule has 0 bridgehead atoms. The van der Waals surface area contributed by atoms with E-state index in [1.165, 1.54) is 0 Å². The molecule has 0 aliphatic rings. The number of anilines is 1. The Morgan fingerprint density at radius 1 is 1.31 bits per heavy atom. The van der Waals surface area contributed by atoms with Gasteiger partial charge in [0.15, 0.2) is 0 Å². The molecule has 0 radical (unpaired) electrons. The topological polar surface area (TPSA) is 90.7 Å². The maximum Gasteiger partial charge on any atom is 0.116 e. The lowest BCUT2D eigenvalue weighted by Crippen LogP contribution is -1.85. The summed E-state index contributed by atoms with van der Waals surface area (Å²) in [6.07, 6.45) is 3.41. The van der Waals surface area contributed by atoms with Crippen molar-refractivity contribution in [2.45, 2.75) is 0 Å². The van der Waals surface area contributed by atoms with Gasteiger partial charge >= 0.3 is 0 Å². The van der Waals surface area contributed by atoms with Crippen molar-refractivity contribution in [3.8, 4) is 17.0 Å². The average Bonchev–Trinajstić information content (AvgIpc) is 2.83. The molecule has 0 saturated carbocycles. The summed E-state index contributed by atoms with van der Waals surface area (Å²) >= 11 is 0. The molecule has 5 heteroatoms. The molecular formula is C11H10N4O. The largest absolute Gasteiger partial charge is 0.508 e. The van der Waals surface area contributed by atoms with Crippen molar-refractivity contribution in [3.05, 3.63) is 30.6 Å². The zero-order valence-electron chi connectivity index (χ0n) is 8.36. The van der Waals surface area contributed by atoms with Gasteiger partial charge < -0.3 is 15.8 Å². The number of phenols is 1. The summed E-state index contributed by atoms with van der Waals surface area (Å²) in [6, 6.07) is 5.15. The van der Waals surface area contributed by atoms with Crippen molar-refractivity contribution in [1.82, 2.24) is 15.2 Å². The predicted molar refractivity (Wildman–Crippen MR) is 62.0 cm³/mol. The second-order valence-corrected chi connectivity index (χ2v) is 3.63. The van der Waals surface area contributed by atoms with E-state index in [2.05, 4.69) is 15.2 Å². The lowest BCUT2D eigenvalue weighted by molar-refractivity contribution is 0.476. The van der Waals surface area contributed by atoms with E-state index in [9.17, 15) is 5.11 Å². The van der Waals surface area contributed by atoms with E-state index in [1.807, 2.05) is 12.3 Å². The molecular weight excluding hydrogens is 204 g/mol. The fraction of sp³-hybridized carbons (Fsp3) is 0. The fourth-order valence-corrected chi connectivity index (χ4v) is 1.83. The standard InChI is InChI=1S/C11H10N4O/c12-9-5-14-15-11(9)8-4-13-10-2-1-6(16)3-7(8)10/h1-5,13,16H,12H2,(H,14,15). The molecule has 0 amide bonds. The molecule has 3 aromatic rings. The van der Waals surface area contributed by atoms with E-state index in [4.69, 9.17) is 5.73 Å². The van der Waals surface area contributed by atoms with Crippen LogP contribution in [0.2, 0.25) is 0 Å². The van der Waals surface area contributed by atoms with Crippen LogP contribution in [-0.2, 0) is 0 Å². The Labute approximate surface area is 90.9 Å². The third-order valence-electron chi connectivity index (χ3n) is 2.60. The van der Waals surface area contributed by atoms with Gasteiger partial charge in [-0.05, 0) is 18.2 Å². The first kappa shape index (κ1) is 8.84. The Bertz CT molecular complexity index is 653. The van der Waals surface area contributed by atoms with Crippen LogP contribution in [0.3, 0.4) is 0 Å². The highest BCUT2D eigenvalue weighted by molar-refractivity contribution is 5.97. The molecule has 80 valence electrons. The highest BCUT2D eigenvalue weighted by atomic mass is 16.3. The minimum atomic E-state index is 0.228. The van der Waals surface area contributed by atoms with E-state index in [1.54, 1.807) is 18.3 Å². The van der Waals surface area contributed by atoms with Crippen molar-refractivity contribution in [2.75, 3.05) is 5.73 Å². The first-order valence-corrected chi connectivity index (χ1v) is 4.85. The zero-order chi connectivity index (χ0) is 11.1. The van der Waals surface area contributed by atoms with E-state index < -0.39 is 0 Å². The SMILES string of the molecule is Nc1cn[nH]c1-c1c[nH]c2ccc(O)cc12. The number of hydrogen-bond acceptors (Lipinski definition) is 3. The van der Waals surface area contributed by atoms with Crippen molar-refractivity contribution < 1.29 is 5.11 Å². The third-order valence-corrected chi connectivity index (χ3v) is 2.60. The number of phenolic OH excluding ortho intramolecular Hbond substituents is 1. The lowest BCUT2D eigenvalue weighted by Gasteiger charge is -1.98. The number of aromatic hydroxyl groups is 1. The van der Waals surface area contributed by atoms with Crippen molar-refractivity contribution in [2.24, 2.45) is 0 Å². The van der Waals surface area contributed by atoms with E-state index in [0.717, 1.165) is 22.2 Å². The van der Waals surface area contributed by atoms with Gasteiger partial charge in [0.2, 0.25) is 0 Å². The number of nitrogens with one attached hydrogen (secondary N) is 2. The summed E-state index contributed by atoms with van der Waals surface area (Å²) in [5.41, 5.74) is 8.99. The van der Waals surface area contributed by atoms with Gasteiger partial charge in [0.1, 0.15) is 5.75 Å². The summed E-state index contributed by atoms with van der Waals surface area (Å²) in [4.78, 5) is 3.12. The number of nitrogens with two attached hydrogens (primary N) is 1. The molecule has 16 heavy (non-hydrogen) atoms. The van der Waals surface area contributed by atoms with Crippen LogP contribution >= 0.6 is 0 Å². The molecule has 0 saturated heterocycles. The van der Waals surface area contributed by atoms with Crippen LogP contribution in [0.4, 0.5) is 5.69 Å². The predicted octanol–water partition coefficient (Wildman–Crippen LogP) is 1.85. The molecule has 0 fully saturated rings. The minimum Gasteiger partial charge on any atom is -0.508 e. The summed E-state index contributed by atoms with van der Waals surface area (Å²) in [6.45, 7) is 0. The highest BCUT2D eigenvalue weighted by Crippen LogP contribution is 2.32. The van der Waals surface area contributed by atoms with Crippen LogP contribution in [0.5, 0.6) is 5.75 Å². The highest BCUT2D eigenvalue weighted by Gasteiger charge is 2.10. The number of nitrogen functional groups attached to an aromatic ring is 1. The Morgan fingerprint density at radius 3 is 2.94 bits per heavy atom. The molecule has 0 unspecified atom stereocenters. The third kappa shape index (κ3) is 1.15. The summed E-state index contributed by atoms with van der Waals surface area (Å²) in [5.74, 6) is 0.228. The Hall–Kier alpha value is -2.43. The van der Waals surface area contributed by atoms with Gasteiger partial charge in [-0.3, -0.25) is 5.10 Å². The van der Waals surface area contributed by atoms with E-state index >= 15 is 0 Å². The van der Waals surface area contributed by atoms with Crippen LogP contribution in [0.15, 0.2) is 30.6 Å². The maximum atomic E-state index is 9.47. The van der Waals surface area contributed by atoms with Gasteiger partial charge in [0.05, 0.1) is 17.6 Å². The molecule has 0 aliphatic heterocycles. The second kappa shape index (κ2) is 3.03. The monoisotopic (exact) mass is 214 g/mol. The van der Waals surface area contributed by atoms with Crippen molar-refractivity contribution >= 4 is 16.6 Å². The van der Waals surface area contributed by atoms with Crippen LogP contribution in [0.25, 0.3) is 22.2 Å². The molecule has 5 N–H and O–H groups in total. The molecule has 1 aromatic carbocycles. The van der Waals surface area contributed by atoms with E-state index in [0.29, 0.717) is 5.69 Å². The van der Waals surface area contributed by atoms with E-state index in [-0.39, 0.29) is 5.75 Å². The van der Waals surface area contributed by atoms with Crippen LogP contribution < -0.4 is 5.73 Å². The number of fused-ring (bicyclic) bond motifs is 1. The normalized spacial score (nSPS) is 11.0. The fourth-order valence-electron chi connectivity index (χ4n) is 1.83. The van der Waals surface area contributed by atoms with Gasteiger partial charge in [-0.15, -0.1) is 0 Å². The number of hydrogen-bond donors (Lipinski definition) is 4. The Morgan fingerprint density at radius 2 is 2.19 bits per heavy atom. The minimum absolute atomic E-state index is 0.228. The molecule has 2 heterocycles. The van der Waals surface area contributed by atoms with Gasteiger partial charge in [0.25, 0.3) is 0 Å². The van der Waals surface area contributed by atoms with Gasteiger partial charge in [0, 0.05) is 22.7 Å². The molecule has 2 aromatic heterocycles. The first-order chi connectivity index (χ1) is 7.75. The quantitative estimate of drug-likeness (QED) is 0.498. The summed E-state index contributed by atoms with van der Waals surface area (Å²) < 4.78 is 0. The van der Waals surface area contributed by atoms with Crippen LogP contribution in [-0.4, -0.2) is 20.3 Å². The number of H-pyrrole nitrogens is 2. The first-order valence-electron chi connectivity index (χ1n) is 4.85. The molecule has 5 nitrogen and oxygen atoms in total. The summed E-state index contributed by atoms with van der Waals surface area (Å²) in [7, 11) is 0. The van der Waals surface area contributed by atoms with Gasteiger partial charge in [-0.2, -0.15) is 5.10 Å².